The van der Waals surface area contributed by atoms with Crippen LogP contribution < -0.4 is 10.6 Å². The molecule has 0 spiro atoms. The fourth-order valence-corrected chi connectivity index (χ4v) is 2.91. The molecule has 2 amide bonds. The van der Waals surface area contributed by atoms with Crippen LogP contribution >= 0.6 is 0 Å². The first-order valence-corrected chi connectivity index (χ1v) is 9.61. The molecule has 0 fully saturated rings. The average Bonchev–Trinajstić information content (AvgIpc) is 3.18. The van der Waals surface area contributed by atoms with Gasteiger partial charge < -0.3 is 15.2 Å². The summed E-state index contributed by atoms with van der Waals surface area (Å²) in [5, 5.41) is 9.52. The molecular formula is C23H25N3O3. The van der Waals surface area contributed by atoms with Crippen molar-refractivity contribution in [3.63, 3.8) is 0 Å². The third-order valence-electron chi connectivity index (χ3n) is 4.41. The van der Waals surface area contributed by atoms with Crippen LogP contribution in [0.2, 0.25) is 0 Å². The van der Waals surface area contributed by atoms with Gasteiger partial charge in [0.1, 0.15) is 6.04 Å². The number of aromatic nitrogens is 1. The highest BCUT2D eigenvalue weighted by Crippen LogP contribution is 2.20. The predicted octanol–water partition coefficient (Wildman–Crippen LogP) is 3.52. The minimum Gasteiger partial charge on any atom is -0.355 e. The summed E-state index contributed by atoms with van der Waals surface area (Å²) in [5.41, 5.74) is 3.06. The van der Waals surface area contributed by atoms with Crippen molar-refractivity contribution in [2.24, 2.45) is 0 Å². The SMILES string of the molecule is Cc1ccc(-c2cc(C(=O)N[C@H](Cc3ccccc3)C(=O)NC(C)C)no2)cc1. The Bertz CT molecular complexity index is 963. The fourth-order valence-electron chi connectivity index (χ4n) is 2.91. The molecule has 0 saturated carbocycles. The zero-order valence-electron chi connectivity index (χ0n) is 16.8. The quantitative estimate of drug-likeness (QED) is 0.645. The molecule has 3 rings (SSSR count). The third-order valence-corrected chi connectivity index (χ3v) is 4.41. The number of amides is 2. The van der Waals surface area contributed by atoms with Crippen LogP contribution in [0.3, 0.4) is 0 Å². The van der Waals surface area contributed by atoms with Crippen LogP contribution in [0, 0.1) is 6.92 Å². The minimum atomic E-state index is -0.716. The van der Waals surface area contributed by atoms with Crippen LogP contribution in [0.4, 0.5) is 0 Å². The molecule has 0 aliphatic heterocycles. The molecular weight excluding hydrogens is 366 g/mol. The monoisotopic (exact) mass is 391 g/mol. The molecule has 0 radical (unpaired) electrons. The van der Waals surface area contributed by atoms with Crippen molar-refractivity contribution in [2.45, 2.75) is 39.3 Å². The summed E-state index contributed by atoms with van der Waals surface area (Å²) in [4.78, 5) is 25.3. The first-order valence-electron chi connectivity index (χ1n) is 9.61. The Morgan fingerprint density at radius 2 is 1.69 bits per heavy atom. The zero-order valence-corrected chi connectivity index (χ0v) is 16.8. The lowest BCUT2D eigenvalue weighted by atomic mass is 10.0. The van der Waals surface area contributed by atoms with Crippen LogP contribution in [0.15, 0.2) is 65.2 Å². The topological polar surface area (TPSA) is 84.2 Å². The van der Waals surface area contributed by atoms with Gasteiger partial charge in [-0.15, -0.1) is 0 Å². The molecule has 1 heterocycles. The van der Waals surface area contributed by atoms with E-state index in [-0.39, 0.29) is 17.6 Å². The molecule has 1 aromatic heterocycles. The number of hydrogen-bond acceptors (Lipinski definition) is 4. The van der Waals surface area contributed by atoms with Crippen molar-refractivity contribution in [3.05, 3.63) is 77.5 Å². The number of benzene rings is 2. The summed E-state index contributed by atoms with van der Waals surface area (Å²) in [6.45, 7) is 5.76. The number of carbonyl (C=O) groups is 2. The van der Waals surface area contributed by atoms with Gasteiger partial charge in [-0.25, -0.2) is 0 Å². The molecule has 6 nitrogen and oxygen atoms in total. The molecule has 29 heavy (non-hydrogen) atoms. The second kappa shape index (κ2) is 9.19. The van der Waals surface area contributed by atoms with Gasteiger partial charge in [-0.3, -0.25) is 9.59 Å². The summed E-state index contributed by atoms with van der Waals surface area (Å²) in [5.74, 6) is -0.187. The largest absolute Gasteiger partial charge is 0.355 e. The van der Waals surface area contributed by atoms with E-state index in [1.165, 1.54) is 0 Å². The first-order chi connectivity index (χ1) is 13.9. The lowest BCUT2D eigenvalue weighted by Gasteiger charge is -2.19. The van der Waals surface area contributed by atoms with Crippen molar-refractivity contribution in [2.75, 3.05) is 0 Å². The lowest BCUT2D eigenvalue weighted by molar-refractivity contribution is -0.123. The van der Waals surface area contributed by atoms with Gasteiger partial charge in [0.25, 0.3) is 5.91 Å². The number of carbonyl (C=O) groups excluding carboxylic acids is 2. The minimum absolute atomic E-state index is 0.0298. The molecule has 0 bridgehead atoms. The van der Waals surface area contributed by atoms with E-state index in [1.807, 2.05) is 75.4 Å². The Balaban J connectivity index is 1.75. The summed E-state index contributed by atoms with van der Waals surface area (Å²) in [7, 11) is 0. The Morgan fingerprint density at radius 1 is 1.00 bits per heavy atom. The number of rotatable bonds is 7. The second-order valence-electron chi connectivity index (χ2n) is 7.32. The van der Waals surface area contributed by atoms with E-state index in [4.69, 9.17) is 4.52 Å². The molecule has 0 saturated heterocycles. The van der Waals surface area contributed by atoms with Gasteiger partial charge in [-0.1, -0.05) is 65.3 Å². The van der Waals surface area contributed by atoms with E-state index < -0.39 is 11.9 Å². The smallest absolute Gasteiger partial charge is 0.274 e. The maximum atomic E-state index is 12.7. The Labute approximate surface area is 170 Å². The van der Waals surface area contributed by atoms with Crippen molar-refractivity contribution in [1.29, 1.82) is 0 Å². The van der Waals surface area contributed by atoms with E-state index in [0.29, 0.717) is 12.2 Å². The molecule has 0 aliphatic rings. The number of hydrogen-bond donors (Lipinski definition) is 2. The summed E-state index contributed by atoms with van der Waals surface area (Å²) in [6.07, 6.45) is 0.383. The second-order valence-corrected chi connectivity index (χ2v) is 7.32. The van der Waals surface area contributed by atoms with Crippen LogP contribution in [0.5, 0.6) is 0 Å². The van der Waals surface area contributed by atoms with E-state index in [1.54, 1.807) is 6.07 Å². The highest BCUT2D eigenvalue weighted by molar-refractivity contribution is 5.96. The molecule has 2 aromatic carbocycles. The maximum absolute atomic E-state index is 12.7. The molecule has 150 valence electrons. The average molecular weight is 391 g/mol. The van der Waals surface area contributed by atoms with E-state index >= 15 is 0 Å². The Hall–Kier alpha value is -3.41. The van der Waals surface area contributed by atoms with Gasteiger partial charge >= 0.3 is 0 Å². The van der Waals surface area contributed by atoms with E-state index in [9.17, 15) is 9.59 Å². The van der Waals surface area contributed by atoms with E-state index in [0.717, 1.165) is 16.7 Å². The first kappa shape index (κ1) is 20.3. The maximum Gasteiger partial charge on any atom is 0.274 e. The van der Waals surface area contributed by atoms with Crippen molar-refractivity contribution < 1.29 is 14.1 Å². The highest BCUT2D eigenvalue weighted by atomic mass is 16.5. The molecule has 0 aliphatic carbocycles. The van der Waals surface area contributed by atoms with Gasteiger partial charge in [-0.2, -0.15) is 0 Å². The number of nitrogens with zero attached hydrogens (tertiary/aromatic N) is 1. The molecule has 1 atom stereocenters. The van der Waals surface area contributed by atoms with Crippen LogP contribution in [-0.4, -0.2) is 29.1 Å². The highest BCUT2D eigenvalue weighted by Gasteiger charge is 2.24. The standard InChI is InChI=1S/C23H25N3O3/c1-15(2)24-22(27)19(13-17-7-5-4-6-8-17)25-23(28)20-14-21(29-26-20)18-11-9-16(3)10-12-18/h4-12,14-15,19H,13H2,1-3H3,(H,24,27)(H,25,28)/t19-/m1/s1. The van der Waals surface area contributed by atoms with Crippen LogP contribution in [0.1, 0.15) is 35.5 Å². The van der Waals surface area contributed by atoms with Gasteiger partial charge in [0, 0.05) is 24.1 Å². The Kier molecular flexibility index (Phi) is 6.44. The summed E-state index contributed by atoms with van der Waals surface area (Å²) >= 11 is 0. The zero-order chi connectivity index (χ0) is 20.8. The predicted molar refractivity (Wildman–Crippen MR) is 111 cm³/mol. The van der Waals surface area contributed by atoms with Crippen LogP contribution in [0.25, 0.3) is 11.3 Å². The van der Waals surface area contributed by atoms with Gasteiger partial charge in [-0.05, 0) is 26.3 Å². The molecule has 3 aromatic rings. The number of aryl methyl sites for hydroxylation is 1. The summed E-state index contributed by atoms with van der Waals surface area (Å²) < 4.78 is 5.33. The van der Waals surface area contributed by atoms with Crippen LogP contribution in [-0.2, 0) is 11.2 Å². The van der Waals surface area contributed by atoms with Crippen molar-refractivity contribution >= 4 is 11.8 Å². The number of nitrogens with one attached hydrogen (secondary N) is 2. The molecule has 6 heteroatoms. The van der Waals surface area contributed by atoms with E-state index in [2.05, 4.69) is 15.8 Å². The Morgan fingerprint density at radius 3 is 2.34 bits per heavy atom. The van der Waals surface area contributed by atoms with Gasteiger partial charge in [0.05, 0.1) is 0 Å². The van der Waals surface area contributed by atoms with Gasteiger partial charge in [0.15, 0.2) is 11.5 Å². The van der Waals surface area contributed by atoms with Crippen molar-refractivity contribution in [3.8, 4) is 11.3 Å². The fraction of sp³-hybridized carbons (Fsp3) is 0.261. The summed E-state index contributed by atoms with van der Waals surface area (Å²) in [6, 6.07) is 18.1. The lowest BCUT2D eigenvalue weighted by Crippen LogP contribution is -2.49. The molecule has 0 unspecified atom stereocenters. The van der Waals surface area contributed by atoms with Gasteiger partial charge in [0.2, 0.25) is 5.91 Å². The molecule has 2 N–H and O–H groups in total. The third kappa shape index (κ3) is 5.54. The normalized spacial score (nSPS) is 11.9. The van der Waals surface area contributed by atoms with Crippen molar-refractivity contribution in [1.82, 2.24) is 15.8 Å².